The molecule has 0 saturated carbocycles. The Bertz CT molecular complexity index is 384. The molecule has 0 radical (unpaired) electrons. The lowest BCUT2D eigenvalue weighted by Crippen LogP contribution is -2.26. The summed E-state index contributed by atoms with van der Waals surface area (Å²) in [7, 11) is 1.59. The molecule has 6 heteroatoms. The highest BCUT2D eigenvalue weighted by atomic mass is 32.2. The first-order valence-electron chi connectivity index (χ1n) is 4.93. The Morgan fingerprint density at radius 1 is 1.56 bits per heavy atom. The van der Waals surface area contributed by atoms with Crippen molar-refractivity contribution in [2.45, 2.75) is 6.92 Å². The van der Waals surface area contributed by atoms with Crippen molar-refractivity contribution in [3.8, 4) is 0 Å². The van der Waals surface area contributed by atoms with Gasteiger partial charge < -0.3 is 11.1 Å². The first-order valence-corrected chi connectivity index (χ1v) is 5.99. The van der Waals surface area contributed by atoms with Crippen LogP contribution in [0.3, 0.4) is 0 Å². The fourth-order valence-corrected chi connectivity index (χ4v) is 1.47. The van der Waals surface area contributed by atoms with Crippen LogP contribution in [-0.4, -0.2) is 33.2 Å². The average Bonchev–Trinajstić information content (AvgIpc) is 2.23. The smallest absolute Gasteiger partial charge is 0.234 e. The lowest BCUT2D eigenvalue weighted by Gasteiger charge is -2.13. The minimum absolute atomic E-state index is 0.493. The minimum Gasteiger partial charge on any atom is -0.399 e. The van der Waals surface area contributed by atoms with Crippen LogP contribution in [-0.2, 0) is 11.3 Å². The third kappa shape index (κ3) is 3.80. The van der Waals surface area contributed by atoms with Crippen molar-refractivity contribution in [1.82, 2.24) is 4.31 Å². The van der Waals surface area contributed by atoms with Crippen LogP contribution in [0.2, 0.25) is 0 Å². The van der Waals surface area contributed by atoms with Gasteiger partial charge in [-0.25, -0.2) is 8.51 Å². The van der Waals surface area contributed by atoms with Crippen molar-refractivity contribution in [2.75, 3.05) is 31.2 Å². The first-order chi connectivity index (χ1) is 7.50. The standard InChI is InChI=1S/C10H17N3O2S/c1-8-7-9(3-4-10(8)11)12-5-6-13(2)16(14)15/h3-4,7,12H,5-6,11H2,1-2H3,(H,14,15). The zero-order valence-electron chi connectivity index (χ0n) is 9.43. The lowest BCUT2D eigenvalue weighted by atomic mass is 10.2. The van der Waals surface area contributed by atoms with E-state index in [4.69, 9.17) is 10.3 Å². The molecule has 1 atom stereocenters. The third-order valence-corrected chi connectivity index (χ3v) is 3.01. The van der Waals surface area contributed by atoms with Gasteiger partial charge in [0.1, 0.15) is 0 Å². The van der Waals surface area contributed by atoms with Crippen molar-refractivity contribution in [3.63, 3.8) is 0 Å². The summed E-state index contributed by atoms with van der Waals surface area (Å²) in [4.78, 5) is 0. The van der Waals surface area contributed by atoms with E-state index in [9.17, 15) is 4.21 Å². The number of hydrogen-bond acceptors (Lipinski definition) is 3. The number of nitrogens with one attached hydrogen (secondary N) is 1. The highest BCUT2D eigenvalue weighted by molar-refractivity contribution is 7.76. The summed E-state index contributed by atoms with van der Waals surface area (Å²) in [5.74, 6) is 0. The Morgan fingerprint density at radius 2 is 2.25 bits per heavy atom. The number of rotatable bonds is 5. The summed E-state index contributed by atoms with van der Waals surface area (Å²) in [6, 6.07) is 5.68. The number of nitrogens with zero attached hydrogens (tertiary/aromatic N) is 1. The number of nitrogens with two attached hydrogens (primary N) is 1. The second kappa shape index (κ2) is 5.83. The Morgan fingerprint density at radius 3 is 2.81 bits per heavy atom. The van der Waals surface area contributed by atoms with E-state index in [2.05, 4.69) is 5.32 Å². The number of aryl methyl sites for hydroxylation is 1. The first kappa shape index (κ1) is 13.0. The van der Waals surface area contributed by atoms with E-state index in [0.717, 1.165) is 16.9 Å². The fourth-order valence-electron chi connectivity index (χ4n) is 1.22. The van der Waals surface area contributed by atoms with Gasteiger partial charge in [-0.15, -0.1) is 0 Å². The van der Waals surface area contributed by atoms with Gasteiger partial charge in [0, 0.05) is 31.5 Å². The molecule has 1 aromatic carbocycles. The molecular formula is C10H17N3O2S. The average molecular weight is 243 g/mol. The molecule has 5 nitrogen and oxygen atoms in total. The predicted octanol–water partition coefficient (Wildman–Crippen LogP) is 1.06. The van der Waals surface area contributed by atoms with Gasteiger partial charge in [0.15, 0.2) is 0 Å². The van der Waals surface area contributed by atoms with Crippen molar-refractivity contribution < 1.29 is 8.76 Å². The molecule has 0 amide bonds. The molecule has 0 spiro atoms. The summed E-state index contributed by atoms with van der Waals surface area (Å²) < 4.78 is 20.7. The van der Waals surface area contributed by atoms with Gasteiger partial charge in [-0.1, -0.05) is 0 Å². The summed E-state index contributed by atoms with van der Waals surface area (Å²) in [6.07, 6.45) is 0. The quantitative estimate of drug-likeness (QED) is 0.533. The van der Waals surface area contributed by atoms with E-state index in [-0.39, 0.29) is 0 Å². The maximum atomic E-state index is 10.6. The van der Waals surface area contributed by atoms with E-state index < -0.39 is 11.3 Å². The molecule has 0 aliphatic rings. The Labute approximate surface area is 98.1 Å². The van der Waals surface area contributed by atoms with Crippen LogP contribution in [0.25, 0.3) is 0 Å². The highest BCUT2D eigenvalue weighted by Crippen LogP contribution is 2.16. The van der Waals surface area contributed by atoms with Gasteiger partial charge in [-0.3, -0.25) is 4.55 Å². The third-order valence-electron chi connectivity index (χ3n) is 2.29. The Balaban J connectivity index is 2.43. The highest BCUT2D eigenvalue weighted by Gasteiger charge is 2.03. The Kier molecular flexibility index (Phi) is 4.72. The van der Waals surface area contributed by atoms with Crippen LogP contribution in [0.5, 0.6) is 0 Å². The van der Waals surface area contributed by atoms with Gasteiger partial charge in [0.25, 0.3) is 0 Å². The second-order valence-electron chi connectivity index (χ2n) is 3.58. The fraction of sp³-hybridized carbons (Fsp3) is 0.400. The molecule has 0 aromatic heterocycles. The van der Waals surface area contributed by atoms with Crippen molar-refractivity contribution in [1.29, 1.82) is 0 Å². The van der Waals surface area contributed by atoms with Crippen molar-refractivity contribution in [3.05, 3.63) is 23.8 Å². The predicted molar refractivity (Wildman–Crippen MR) is 67.5 cm³/mol. The maximum absolute atomic E-state index is 10.6. The second-order valence-corrected chi connectivity index (χ2v) is 4.67. The summed E-state index contributed by atoms with van der Waals surface area (Å²) >= 11 is -1.90. The topological polar surface area (TPSA) is 78.6 Å². The van der Waals surface area contributed by atoms with Gasteiger partial charge >= 0.3 is 0 Å². The van der Waals surface area contributed by atoms with Crippen LogP contribution >= 0.6 is 0 Å². The molecular weight excluding hydrogens is 226 g/mol. The van der Waals surface area contributed by atoms with Crippen molar-refractivity contribution >= 4 is 22.6 Å². The van der Waals surface area contributed by atoms with E-state index in [1.807, 2.05) is 25.1 Å². The molecule has 1 aromatic rings. The van der Waals surface area contributed by atoms with Crippen LogP contribution in [0.4, 0.5) is 11.4 Å². The molecule has 0 saturated heterocycles. The van der Waals surface area contributed by atoms with Crippen LogP contribution < -0.4 is 11.1 Å². The van der Waals surface area contributed by atoms with Gasteiger partial charge in [0.2, 0.25) is 11.3 Å². The zero-order valence-corrected chi connectivity index (χ0v) is 10.3. The lowest BCUT2D eigenvalue weighted by molar-refractivity contribution is 0.457. The summed E-state index contributed by atoms with van der Waals surface area (Å²) in [5.41, 5.74) is 8.44. The molecule has 0 bridgehead atoms. The Hall–Kier alpha value is -1.11. The number of hydrogen-bond donors (Lipinski definition) is 3. The van der Waals surface area contributed by atoms with E-state index in [1.54, 1.807) is 7.05 Å². The van der Waals surface area contributed by atoms with E-state index in [0.29, 0.717) is 13.1 Å². The van der Waals surface area contributed by atoms with Crippen LogP contribution in [0.1, 0.15) is 5.56 Å². The molecule has 0 fully saturated rings. The van der Waals surface area contributed by atoms with Crippen LogP contribution in [0, 0.1) is 6.92 Å². The molecule has 16 heavy (non-hydrogen) atoms. The summed E-state index contributed by atoms with van der Waals surface area (Å²) in [5, 5.41) is 3.16. The van der Waals surface area contributed by atoms with E-state index >= 15 is 0 Å². The number of anilines is 2. The molecule has 0 aliphatic heterocycles. The van der Waals surface area contributed by atoms with Gasteiger partial charge in [0.05, 0.1) is 0 Å². The summed E-state index contributed by atoms with van der Waals surface area (Å²) in [6.45, 7) is 3.04. The van der Waals surface area contributed by atoms with Gasteiger partial charge in [-0.05, 0) is 30.7 Å². The van der Waals surface area contributed by atoms with Crippen molar-refractivity contribution in [2.24, 2.45) is 0 Å². The monoisotopic (exact) mass is 243 g/mol. The molecule has 0 aliphatic carbocycles. The molecule has 0 heterocycles. The zero-order chi connectivity index (χ0) is 12.1. The molecule has 1 unspecified atom stereocenters. The van der Waals surface area contributed by atoms with Crippen LogP contribution in [0.15, 0.2) is 18.2 Å². The SMILES string of the molecule is Cc1cc(NCCN(C)S(=O)O)ccc1N. The number of nitrogen functional groups attached to an aromatic ring is 1. The number of benzene rings is 1. The largest absolute Gasteiger partial charge is 0.399 e. The normalized spacial score (nSPS) is 12.8. The molecule has 1 rings (SSSR count). The molecule has 4 N–H and O–H groups in total. The molecule has 90 valence electrons. The maximum Gasteiger partial charge on any atom is 0.234 e. The number of likely N-dealkylation sites (N-methyl/N-ethyl adjacent to an activating group) is 1. The minimum atomic E-state index is -1.90. The van der Waals surface area contributed by atoms with Gasteiger partial charge in [-0.2, -0.15) is 0 Å². The van der Waals surface area contributed by atoms with E-state index in [1.165, 1.54) is 4.31 Å².